The zero-order chi connectivity index (χ0) is 12.2. The van der Waals surface area contributed by atoms with Crippen molar-refractivity contribution < 1.29 is 13.2 Å². The van der Waals surface area contributed by atoms with Gasteiger partial charge in [-0.1, -0.05) is 18.2 Å². The van der Waals surface area contributed by atoms with E-state index < -0.39 is 17.8 Å². The third-order valence-corrected chi connectivity index (χ3v) is 2.84. The molecule has 2 nitrogen and oxygen atoms in total. The molecule has 0 fully saturated rings. The molecule has 3 N–H and O–H groups in total. The SMILES string of the molecule is CSCC(NN)c1ccccc1C(F)(F)F. The van der Waals surface area contributed by atoms with Crippen molar-refractivity contribution in [1.29, 1.82) is 0 Å². The van der Waals surface area contributed by atoms with Crippen molar-refractivity contribution in [3.63, 3.8) is 0 Å². The highest BCUT2D eigenvalue weighted by Gasteiger charge is 2.34. The molecule has 0 aliphatic rings. The molecule has 1 unspecified atom stereocenters. The molecule has 0 aliphatic carbocycles. The standard InChI is InChI=1S/C10H13F3N2S/c1-16-6-9(15-14)7-4-2-3-5-8(7)10(11,12)13/h2-5,9,15H,6,14H2,1H3. The van der Waals surface area contributed by atoms with Crippen LogP contribution in [0.3, 0.4) is 0 Å². The molecular weight excluding hydrogens is 237 g/mol. The van der Waals surface area contributed by atoms with Gasteiger partial charge in [-0.25, -0.2) is 0 Å². The molecule has 90 valence electrons. The molecule has 16 heavy (non-hydrogen) atoms. The van der Waals surface area contributed by atoms with Gasteiger partial charge in [0, 0.05) is 5.75 Å². The van der Waals surface area contributed by atoms with Gasteiger partial charge in [-0.3, -0.25) is 11.3 Å². The molecule has 0 saturated heterocycles. The molecule has 0 radical (unpaired) electrons. The Hall–Kier alpha value is -0.720. The second-order valence-corrected chi connectivity index (χ2v) is 4.17. The Bertz CT molecular complexity index is 341. The van der Waals surface area contributed by atoms with Crippen LogP contribution in [-0.4, -0.2) is 12.0 Å². The Balaban J connectivity index is 3.11. The number of hydrogen-bond acceptors (Lipinski definition) is 3. The number of hydrogen-bond donors (Lipinski definition) is 2. The highest BCUT2D eigenvalue weighted by molar-refractivity contribution is 7.98. The third kappa shape index (κ3) is 3.13. The van der Waals surface area contributed by atoms with E-state index in [1.165, 1.54) is 23.9 Å². The van der Waals surface area contributed by atoms with Crippen molar-refractivity contribution in [2.75, 3.05) is 12.0 Å². The van der Waals surface area contributed by atoms with E-state index in [1.54, 1.807) is 6.07 Å². The van der Waals surface area contributed by atoms with Gasteiger partial charge in [0.05, 0.1) is 11.6 Å². The highest BCUT2D eigenvalue weighted by atomic mass is 32.2. The number of nitrogens with one attached hydrogen (secondary N) is 1. The van der Waals surface area contributed by atoms with Crippen LogP contribution in [0.5, 0.6) is 0 Å². The first-order valence-electron chi connectivity index (χ1n) is 4.62. The lowest BCUT2D eigenvalue weighted by Crippen LogP contribution is -2.31. The number of nitrogens with two attached hydrogens (primary N) is 1. The first-order valence-corrected chi connectivity index (χ1v) is 6.01. The van der Waals surface area contributed by atoms with E-state index in [0.29, 0.717) is 5.75 Å². The maximum absolute atomic E-state index is 12.7. The summed E-state index contributed by atoms with van der Waals surface area (Å²) in [6.45, 7) is 0. The van der Waals surface area contributed by atoms with E-state index in [1.807, 2.05) is 6.26 Å². The minimum atomic E-state index is -4.34. The van der Waals surface area contributed by atoms with E-state index in [2.05, 4.69) is 5.43 Å². The summed E-state index contributed by atoms with van der Waals surface area (Å²) in [6.07, 6.45) is -2.52. The number of halogens is 3. The van der Waals surface area contributed by atoms with Crippen LogP contribution < -0.4 is 11.3 Å². The molecule has 0 bridgehead atoms. The Labute approximate surface area is 96.4 Å². The van der Waals surface area contributed by atoms with Crippen LogP contribution >= 0.6 is 11.8 Å². The average molecular weight is 250 g/mol. The summed E-state index contributed by atoms with van der Waals surface area (Å²) in [5, 5.41) is 0. The average Bonchev–Trinajstić information content (AvgIpc) is 2.25. The minimum Gasteiger partial charge on any atom is -0.271 e. The molecule has 1 aromatic rings. The quantitative estimate of drug-likeness (QED) is 0.637. The van der Waals surface area contributed by atoms with Gasteiger partial charge in [-0.15, -0.1) is 0 Å². The molecule has 1 atom stereocenters. The number of hydrazine groups is 1. The minimum absolute atomic E-state index is 0.187. The van der Waals surface area contributed by atoms with Crippen LogP contribution in [-0.2, 0) is 6.18 Å². The van der Waals surface area contributed by atoms with Crippen LogP contribution in [0.15, 0.2) is 24.3 Å². The fraction of sp³-hybridized carbons (Fsp3) is 0.400. The fourth-order valence-electron chi connectivity index (χ4n) is 1.45. The molecule has 0 amide bonds. The highest BCUT2D eigenvalue weighted by Crippen LogP contribution is 2.34. The summed E-state index contributed by atoms with van der Waals surface area (Å²) in [7, 11) is 0. The van der Waals surface area contributed by atoms with Crippen LogP contribution in [0, 0.1) is 0 Å². The van der Waals surface area contributed by atoms with Crippen LogP contribution in [0.2, 0.25) is 0 Å². The summed E-state index contributed by atoms with van der Waals surface area (Å²) < 4.78 is 38.1. The first-order chi connectivity index (χ1) is 7.50. The molecule has 1 rings (SSSR count). The third-order valence-electron chi connectivity index (χ3n) is 2.18. The number of rotatable bonds is 4. The van der Waals surface area contributed by atoms with Crippen molar-refractivity contribution in [2.24, 2.45) is 5.84 Å². The summed E-state index contributed by atoms with van der Waals surface area (Å²) >= 11 is 1.44. The molecule has 0 saturated carbocycles. The lowest BCUT2D eigenvalue weighted by atomic mass is 10.0. The van der Waals surface area contributed by atoms with E-state index >= 15 is 0 Å². The number of benzene rings is 1. The predicted molar refractivity (Wildman–Crippen MR) is 59.9 cm³/mol. The monoisotopic (exact) mass is 250 g/mol. The Morgan fingerprint density at radius 2 is 2.00 bits per heavy atom. The largest absolute Gasteiger partial charge is 0.416 e. The van der Waals surface area contributed by atoms with Gasteiger partial charge in [0.1, 0.15) is 0 Å². The van der Waals surface area contributed by atoms with Crippen LogP contribution in [0.25, 0.3) is 0 Å². The van der Waals surface area contributed by atoms with Gasteiger partial charge in [0.25, 0.3) is 0 Å². The van der Waals surface area contributed by atoms with E-state index in [-0.39, 0.29) is 5.56 Å². The van der Waals surface area contributed by atoms with E-state index in [0.717, 1.165) is 6.07 Å². The maximum atomic E-state index is 12.7. The molecule has 0 heterocycles. The van der Waals surface area contributed by atoms with E-state index in [9.17, 15) is 13.2 Å². The van der Waals surface area contributed by atoms with Gasteiger partial charge in [-0.05, 0) is 17.9 Å². The molecule has 0 aliphatic heterocycles. The summed E-state index contributed by atoms with van der Waals surface area (Å²) in [4.78, 5) is 0. The summed E-state index contributed by atoms with van der Waals surface area (Å²) in [5.74, 6) is 5.76. The lowest BCUT2D eigenvalue weighted by Gasteiger charge is -2.20. The van der Waals surface area contributed by atoms with Crippen molar-refractivity contribution in [1.82, 2.24) is 5.43 Å². The second-order valence-electron chi connectivity index (χ2n) is 3.26. The van der Waals surface area contributed by atoms with Crippen LogP contribution in [0.4, 0.5) is 13.2 Å². The van der Waals surface area contributed by atoms with Crippen molar-refractivity contribution in [2.45, 2.75) is 12.2 Å². The van der Waals surface area contributed by atoms with E-state index in [4.69, 9.17) is 5.84 Å². The maximum Gasteiger partial charge on any atom is 0.416 e. The molecule has 0 spiro atoms. The normalized spacial score (nSPS) is 13.8. The zero-order valence-electron chi connectivity index (χ0n) is 8.71. The van der Waals surface area contributed by atoms with Crippen molar-refractivity contribution in [3.8, 4) is 0 Å². The number of thioether (sulfide) groups is 1. The Morgan fingerprint density at radius 1 is 1.38 bits per heavy atom. The van der Waals surface area contributed by atoms with Gasteiger partial charge >= 0.3 is 6.18 Å². The van der Waals surface area contributed by atoms with Gasteiger partial charge < -0.3 is 0 Å². The van der Waals surface area contributed by atoms with Gasteiger partial charge in [0.2, 0.25) is 0 Å². The first kappa shape index (κ1) is 13.3. The summed E-state index contributed by atoms with van der Waals surface area (Å²) in [5.41, 5.74) is 1.97. The van der Waals surface area contributed by atoms with Crippen LogP contribution in [0.1, 0.15) is 17.2 Å². The second kappa shape index (κ2) is 5.56. The molecule has 0 aromatic heterocycles. The molecule has 6 heteroatoms. The predicted octanol–water partition coefficient (Wildman–Crippen LogP) is 2.57. The topological polar surface area (TPSA) is 38.0 Å². The molecular formula is C10H13F3N2S. The molecule has 1 aromatic carbocycles. The van der Waals surface area contributed by atoms with Gasteiger partial charge in [-0.2, -0.15) is 24.9 Å². The smallest absolute Gasteiger partial charge is 0.271 e. The summed E-state index contributed by atoms with van der Waals surface area (Å²) in [6, 6.07) is 4.98. The van der Waals surface area contributed by atoms with Gasteiger partial charge in [0.15, 0.2) is 0 Å². The van der Waals surface area contributed by atoms with Crippen molar-refractivity contribution in [3.05, 3.63) is 35.4 Å². The zero-order valence-corrected chi connectivity index (χ0v) is 9.53. The Morgan fingerprint density at radius 3 is 2.50 bits per heavy atom. The Kier molecular flexibility index (Phi) is 4.64. The fourth-order valence-corrected chi connectivity index (χ4v) is 2.06. The number of alkyl halides is 3. The van der Waals surface area contributed by atoms with Crippen molar-refractivity contribution >= 4 is 11.8 Å². The lowest BCUT2D eigenvalue weighted by molar-refractivity contribution is -0.138.